The second kappa shape index (κ2) is 2.89. The number of hydrogen-bond donors (Lipinski definition) is 1. The minimum Gasteiger partial charge on any atom is -0.383 e. The van der Waals surface area contributed by atoms with E-state index < -0.39 is 7.25 Å². The Labute approximate surface area is 84.1 Å². The number of hydroxylamine groups is 2. The van der Waals surface area contributed by atoms with Crippen LogP contribution in [0.2, 0.25) is 0 Å². The van der Waals surface area contributed by atoms with Gasteiger partial charge in [0.15, 0.2) is 0 Å². The molecule has 1 fully saturated rings. The Kier molecular flexibility index (Phi) is 2.03. The first-order valence-electron chi connectivity index (χ1n) is 4.65. The quantitative estimate of drug-likeness (QED) is 0.631. The molecule has 14 heavy (non-hydrogen) atoms. The van der Waals surface area contributed by atoms with Crippen molar-refractivity contribution in [3.05, 3.63) is 12.4 Å². The molecule has 2 heterocycles. The fourth-order valence-electron chi connectivity index (χ4n) is 1.25. The van der Waals surface area contributed by atoms with E-state index in [9.17, 15) is 0 Å². The first-order valence-corrected chi connectivity index (χ1v) is 4.65. The first kappa shape index (κ1) is 9.83. The van der Waals surface area contributed by atoms with E-state index in [2.05, 4.69) is 5.48 Å². The van der Waals surface area contributed by atoms with Gasteiger partial charge in [-0.2, -0.15) is 4.94 Å². The molecule has 0 amide bonds. The Bertz CT molecular complexity index is 251. The van der Waals surface area contributed by atoms with Crippen molar-refractivity contribution in [2.45, 2.75) is 38.9 Å². The van der Waals surface area contributed by atoms with Crippen LogP contribution in [0.1, 0.15) is 27.7 Å². The molecule has 1 saturated heterocycles. The fourth-order valence-corrected chi connectivity index (χ4v) is 1.25. The van der Waals surface area contributed by atoms with Gasteiger partial charge in [-0.25, -0.2) is 10.5 Å². The molecule has 0 atom stereocenters. The normalized spacial score (nSPS) is 28.3. The van der Waals surface area contributed by atoms with Crippen LogP contribution in [0.3, 0.4) is 0 Å². The number of nitrogens with zero attached hydrogens (tertiary/aromatic N) is 1. The zero-order valence-corrected chi connectivity index (χ0v) is 8.90. The van der Waals surface area contributed by atoms with Crippen molar-refractivity contribution in [1.29, 1.82) is 0 Å². The van der Waals surface area contributed by atoms with Crippen LogP contribution in [0.5, 0.6) is 0 Å². The molecule has 0 aromatic heterocycles. The Hall–Kier alpha value is -0.715. The molecule has 0 unspecified atom stereocenters. The van der Waals surface area contributed by atoms with E-state index in [1.165, 1.54) is 4.97 Å². The maximum Gasteiger partial charge on any atom is 0.621 e. The van der Waals surface area contributed by atoms with Gasteiger partial charge in [-0.15, -0.1) is 0 Å². The fraction of sp³-hybridized carbons (Fsp3) is 0.750. The molecule has 78 valence electrons. The van der Waals surface area contributed by atoms with Crippen molar-refractivity contribution in [2.24, 2.45) is 0 Å². The average Bonchev–Trinajstić information content (AvgIpc) is 2.58. The van der Waals surface area contributed by atoms with Gasteiger partial charge in [0.05, 0.1) is 11.2 Å². The molecule has 0 aromatic carbocycles. The lowest BCUT2D eigenvalue weighted by molar-refractivity contribution is -0.104. The van der Waals surface area contributed by atoms with Gasteiger partial charge in [0.25, 0.3) is 0 Å². The molecule has 1 N–H and O–H groups in total. The Morgan fingerprint density at radius 1 is 1.14 bits per heavy atom. The van der Waals surface area contributed by atoms with Gasteiger partial charge in [0, 0.05) is 12.4 Å². The molecule has 0 aliphatic carbocycles. The summed E-state index contributed by atoms with van der Waals surface area (Å²) in [6.45, 7) is 8.00. The van der Waals surface area contributed by atoms with E-state index in [-0.39, 0.29) is 11.2 Å². The molecule has 5 nitrogen and oxygen atoms in total. The van der Waals surface area contributed by atoms with Crippen LogP contribution in [0.15, 0.2) is 12.4 Å². The Balaban J connectivity index is 2.09. The summed E-state index contributed by atoms with van der Waals surface area (Å²) < 4.78 is 11.5. The third kappa shape index (κ3) is 1.39. The maximum atomic E-state index is 5.74. The highest BCUT2D eigenvalue weighted by Crippen LogP contribution is 2.37. The first-order chi connectivity index (χ1) is 6.42. The summed E-state index contributed by atoms with van der Waals surface area (Å²) in [5, 5.41) is 0. The third-order valence-corrected chi connectivity index (χ3v) is 2.90. The van der Waals surface area contributed by atoms with Gasteiger partial charge < -0.3 is 9.31 Å². The van der Waals surface area contributed by atoms with Crippen molar-refractivity contribution < 1.29 is 14.2 Å². The minimum atomic E-state index is -0.494. The number of nitrogens with one attached hydrogen (secondary N) is 1. The summed E-state index contributed by atoms with van der Waals surface area (Å²) >= 11 is 0. The summed E-state index contributed by atoms with van der Waals surface area (Å²) in [6.07, 6.45) is 3.40. The lowest BCUT2D eigenvalue weighted by atomic mass is 9.90. The van der Waals surface area contributed by atoms with Crippen LogP contribution >= 0.6 is 0 Å². The molecule has 0 aromatic rings. The van der Waals surface area contributed by atoms with Gasteiger partial charge >= 0.3 is 7.25 Å². The van der Waals surface area contributed by atoms with Crippen molar-refractivity contribution in [1.82, 2.24) is 10.5 Å². The largest absolute Gasteiger partial charge is 0.621 e. The van der Waals surface area contributed by atoms with Crippen LogP contribution in [-0.4, -0.2) is 23.4 Å². The monoisotopic (exact) mass is 198 g/mol. The Morgan fingerprint density at radius 3 is 2.14 bits per heavy atom. The summed E-state index contributed by atoms with van der Waals surface area (Å²) in [4.78, 5) is 6.54. The van der Waals surface area contributed by atoms with Crippen LogP contribution < -0.4 is 5.48 Å². The standard InChI is InChI=1S/C8H15BN2O3/c1-7(2)8(3,4)13-9(12-7)11-6-5-10-14-11/h5-6,10H,1-4H3. The van der Waals surface area contributed by atoms with Gasteiger partial charge in [0.2, 0.25) is 0 Å². The zero-order chi connectivity index (χ0) is 10.4. The molecule has 2 aliphatic heterocycles. The molecule has 2 rings (SSSR count). The molecule has 0 saturated carbocycles. The van der Waals surface area contributed by atoms with Gasteiger partial charge in [-0.05, 0) is 27.7 Å². The van der Waals surface area contributed by atoms with E-state index in [4.69, 9.17) is 14.2 Å². The smallest absolute Gasteiger partial charge is 0.383 e. The molecule has 2 aliphatic rings. The van der Waals surface area contributed by atoms with E-state index in [0.29, 0.717) is 0 Å². The molecular weight excluding hydrogens is 183 g/mol. The van der Waals surface area contributed by atoms with Gasteiger partial charge in [-0.3, -0.25) is 0 Å². The van der Waals surface area contributed by atoms with E-state index >= 15 is 0 Å². The summed E-state index contributed by atoms with van der Waals surface area (Å²) in [7, 11) is -0.494. The van der Waals surface area contributed by atoms with Crippen molar-refractivity contribution in [3.8, 4) is 0 Å². The zero-order valence-electron chi connectivity index (χ0n) is 8.90. The second-order valence-electron chi connectivity index (χ2n) is 4.45. The second-order valence-corrected chi connectivity index (χ2v) is 4.45. The van der Waals surface area contributed by atoms with Crippen molar-refractivity contribution >= 4 is 7.25 Å². The van der Waals surface area contributed by atoms with Crippen LogP contribution in [0.25, 0.3) is 0 Å². The lowest BCUT2D eigenvalue weighted by Gasteiger charge is -2.32. The molecule has 0 bridgehead atoms. The van der Waals surface area contributed by atoms with E-state index in [0.717, 1.165) is 0 Å². The van der Waals surface area contributed by atoms with E-state index in [1.807, 2.05) is 27.7 Å². The average molecular weight is 198 g/mol. The maximum absolute atomic E-state index is 5.74. The van der Waals surface area contributed by atoms with Crippen LogP contribution in [-0.2, 0) is 14.2 Å². The molecule has 6 heteroatoms. The molecule has 0 radical (unpaired) electrons. The highest BCUT2D eigenvalue weighted by molar-refractivity contribution is 6.42. The lowest BCUT2D eigenvalue weighted by Crippen LogP contribution is -2.41. The minimum absolute atomic E-state index is 0.336. The topological polar surface area (TPSA) is 43.0 Å². The Morgan fingerprint density at radius 2 is 1.71 bits per heavy atom. The molecular formula is C8H15BN2O3. The summed E-state index contributed by atoms with van der Waals surface area (Å²) in [6, 6.07) is 0. The van der Waals surface area contributed by atoms with Crippen LogP contribution in [0.4, 0.5) is 0 Å². The SMILES string of the molecule is CC1(C)OB(N2C=CNO2)OC1(C)C. The summed E-state index contributed by atoms with van der Waals surface area (Å²) in [5.74, 6) is 0. The van der Waals surface area contributed by atoms with Crippen molar-refractivity contribution in [2.75, 3.05) is 0 Å². The van der Waals surface area contributed by atoms with Gasteiger partial charge in [-0.1, -0.05) is 0 Å². The van der Waals surface area contributed by atoms with Gasteiger partial charge in [0.1, 0.15) is 0 Å². The number of rotatable bonds is 1. The predicted octanol–water partition coefficient (Wildman–Crippen LogP) is 0.798. The van der Waals surface area contributed by atoms with Crippen molar-refractivity contribution in [3.63, 3.8) is 0 Å². The third-order valence-electron chi connectivity index (χ3n) is 2.90. The predicted molar refractivity (Wildman–Crippen MR) is 51.3 cm³/mol. The highest BCUT2D eigenvalue weighted by atomic mass is 16.8. The summed E-state index contributed by atoms with van der Waals surface area (Å²) in [5.41, 5.74) is 1.92. The highest BCUT2D eigenvalue weighted by Gasteiger charge is 2.55. The van der Waals surface area contributed by atoms with E-state index in [1.54, 1.807) is 12.4 Å². The number of hydrogen-bond acceptors (Lipinski definition) is 5. The van der Waals surface area contributed by atoms with Crippen LogP contribution in [0, 0.1) is 0 Å². The molecule has 0 spiro atoms.